The summed E-state index contributed by atoms with van der Waals surface area (Å²) in [7, 11) is 0. The van der Waals surface area contributed by atoms with E-state index in [1.807, 2.05) is 0 Å². The van der Waals surface area contributed by atoms with E-state index in [1.54, 1.807) is 54.6 Å². The molecule has 1 N–H and O–H groups in total. The van der Waals surface area contributed by atoms with Gasteiger partial charge in [-0.3, -0.25) is 4.79 Å². The maximum Gasteiger partial charge on any atom is 0.333 e. The highest BCUT2D eigenvalue weighted by Crippen LogP contribution is 2.24. The van der Waals surface area contributed by atoms with Crippen LogP contribution in [-0.2, 0) is 4.79 Å². The van der Waals surface area contributed by atoms with E-state index >= 15 is 0 Å². The lowest BCUT2D eigenvalue weighted by Crippen LogP contribution is -2.30. The minimum absolute atomic E-state index is 0.196. The minimum atomic E-state index is -0.499. The van der Waals surface area contributed by atoms with Crippen LogP contribution in [0.1, 0.15) is 5.56 Å². The molecule has 1 aliphatic rings. The molecule has 0 bridgehead atoms. The summed E-state index contributed by atoms with van der Waals surface area (Å²) in [5, 5.41) is 3.65. The number of rotatable bonds is 2. The highest BCUT2D eigenvalue weighted by molar-refractivity contribution is 6.31. The van der Waals surface area contributed by atoms with Gasteiger partial charge in [0.25, 0.3) is 5.91 Å². The third-order valence-electron chi connectivity index (χ3n) is 3.12. The van der Waals surface area contributed by atoms with Crippen LogP contribution in [0, 0.1) is 0 Å². The van der Waals surface area contributed by atoms with E-state index in [0.29, 0.717) is 15.7 Å². The van der Waals surface area contributed by atoms with Crippen molar-refractivity contribution >= 4 is 46.9 Å². The van der Waals surface area contributed by atoms with E-state index in [1.165, 1.54) is 0 Å². The zero-order valence-electron chi connectivity index (χ0n) is 11.2. The highest BCUT2D eigenvalue weighted by atomic mass is 35.5. The van der Waals surface area contributed by atoms with Crippen LogP contribution in [0.5, 0.6) is 0 Å². The number of amides is 3. The van der Waals surface area contributed by atoms with Crippen molar-refractivity contribution in [3.8, 4) is 0 Å². The van der Waals surface area contributed by atoms with Gasteiger partial charge in [0.2, 0.25) is 0 Å². The van der Waals surface area contributed by atoms with Crippen molar-refractivity contribution in [2.75, 3.05) is 4.90 Å². The Morgan fingerprint density at radius 3 is 2.36 bits per heavy atom. The molecule has 6 heteroatoms. The predicted molar refractivity (Wildman–Crippen MR) is 86.9 cm³/mol. The number of urea groups is 1. The van der Waals surface area contributed by atoms with Crippen LogP contribution in [-0.4, -0.2) is 11.9 Å². The van der Waals surface area contributed by atoms with E-state index in [0.717, 1.165) is 10.5 Å². The number of hydrogen-bond donors (Lipinski definition) is 1. The van der Waals surface area contributed by atoms with Crippen molar-refractivity contribution in [1.82, 2.24) is 5.32 Å². The molecule has 22 heavy (non-hydrogen) atoms. The number of hydrogen-bond acceptors (Lipinski definition) is 2. The van der Waals surface area contributed by atoms with Gasteiger partial charge >= 0.3 is 6.03 Å². The quantitative estimate of drug-likeness (QED) is 0.665. The summed E-state index contributed by atoms with van der Waals surface area (Å²) in [6, 6.07) is 13.0. The standard InChI is InChI=1S/C16H10Cl2N2O2/c17-11-4-6-13(7-5-11)20-15(21)14(19-16(20)22)9-10-2-1-3-12(18)8-10/h1-9H,(H,19,22)/b14-9+. The Kier molecular flexibility index (Phi) is 3.88. The molecule has 0 aliphatic carbocycles. The molecule has 0 radical (unpaired) electrons. The van der Waals surface area contributed by atoms with Crippen LogP contribution < -0.4 is 10.2 Å². The molecular weight excluding hydrogens is 323 g/mol. The number of carbonyl (C=O) groups excluding carboxylic acids is 2. The molecule has 1 saturated heterocycles. The third kappa shape index (κ3) is 2.84. The zero-order chi connectivity index (χ0) is 15.7. The molecule has 110 valence electrons. The fourth-order valence-corrected chi connectivity index (χ4v) is 2.45. The minimum Gasteiger partial charge on any atom is -0.302 e. The molecule has 2 aromatic rings. The third-order valence-corrected chi connectivity index (χ3v) is 3.61. The first-order valence-electron chi connectivity index (χ1n) is 6.43. The molecule has 0 unspecified atom stereocenters. The molecule has 1 fully saturated rings. The van der Waals surface area contributed by atoms with Gasteiger partial charge < -0.3 is 5.32 Å². The second-order valence-electron chi connectivity index (χ2n) is 4.66. The van der Waals surface area contributed by atoms with Crippen LogP contribution in [0.2, 0.25) is 10.0 Å². The van der Waals surface area contributed by atoms with Gasteiger partial charge in [-0.25, -0.2) is 9.69 Å². The molecule has 0 spiro atoms. The predicted octanol–water partition coefficient (Wildman–Crippen LogP) is 4.09. The topological polar surface area (TPSA) is 49.4 Å². The first-order valence-corrected chi connectivity index (χ1v) is 7.18. The Balaban J connectivity index is 1.93. The van der Waals surface area contributed by atoms with Crippen molar-refractivity contribution in [3.63, 3.8) is 0 Å². The van der Waals surface area contributed by atoms with Crippen LogP contribution in [0.4, 0.5) is 10.5 Å². The molecule has 1 heterocycles. The van der Waals surface area contributed by atoms with Crippen LogP contribution in [0.25, 0.3) is 6.08 Å². The van der Waals surface area contributed by atoms with Crippen molar-refractivity contribution in [2.45, 2.75) is 0 Å². The Morgan fingerprint density at radius 2 is 1.68 bits per heavy atom. The fraction of sp³-hybridized carbons (Fsp3) is 0. The van der Waals surface area contributed by atoms with Gasteiger partial charge in [0.15, 0.2) is 0 Å². The van der Waals surface area contributed by atoms with Gasteiger partial charge in [-0.15, -0.1) is 0 Å². The average molecular weight is 333 g/mol. The lowest BCUT2D eigenvalue weighted by atomic mass is 10.2. The summed E-state index contributed by atoms with van der Waals surface area (Å²) in [6.07, 6.45) is 1.59. The van der Waals surface area contributed by atoms with Gasteiger partial charge in [0.05, 0.1) is 5.69 Å². The maximum atomic E-state index is 12.4. The Bertz CT molecular complexity index is 785. The number of halogens is 2. The number of imide groups is 1. The van der Waals surface area contributed by atoms with Gasteiger partial charge in [0, 0.05) is 10.0 Å². The van der Waals surface area contributed by atoms with E-state index in [-0.39, 0.29) is 5.70 Å². The van der Waals surface area contributed by atoms with E-state index in [2.05, 4.69) is 5.32 Å². The molecule has 2 aromatic carbocycles. The number of nitrogens with one attached hydrogen (secondary N) is 1. The second-order valence-corrected chi connectivity index (χ2v) is 5.53. The molecule has 1 aliphatic heterocycles. The summed E-state index contributed by atoms with van der Waals surface area (Å²) >= 11 is 11.7. The Hall–Kier alpha value is -2.30. The Labute approximate surface area is 136 Å². The fourth-order valence-electron chi connectivity index (χ4n) is 2.12. The lowest BCUT2D eigenvalue weighted by Gasteiger charge is -2.11. The van der Waals surface area contributed by atoms with Crippen LogP contribution in [0.3, 0.4) is 0 Å². The zero-order valence-corrected chi connectivity index (χ0v) is 12.7. The Morgan fingerprint density at radius 1 is 0.955 bits per heavy atom. The summed E-state index contributed by atoms with van der Waals surface area (Å²) < 4.78 is 0. The summed E-state index contributed by atoms with van der Waals surface area (Å²) in [5.74, 6) is -0.424. The van der Waals surface area contributed by atoms with Gasteiger partial charge in [-0.2, -0.15) is 0 Å². The number of carbonyl (C=O) groups is 2. The first kappa shape index (κ1) is 14.6. The van der Waals surface area contributed by atoms with Crippen molar-refractivity contribution in [2.24, 2.45) is 0 Å². The van der Waals surface area contributed by atoms with Gasteiger partial charge in [-0.1, -0.05) is 35.3 Å². The molecule has 4 nitrogen and oxygen atoms in total. The number of nitrogens with zero attached hydrogens (tertiary/aromatic N) is 1. The normalized spacial score (nSPS) is 16.3. The first-order chi connectivity index (χ1) is 10.5. The monoisotopic (exact) mass is 332 g/mol. The summed E-state index contributed by atoms with van der Waals surface area (Å²) in [5.41, 5.74) is 1.39. The second kappa shape index (κ2) is 5.83. The largest absolute Gasteiger partial charge is 0.333 e. The number of anilines is 1. The molecule has 0 saturated carbocycles. The molecular formula is C16H10Cl2N2O2. The van der Waals surface area contributed by atoms with Crippen LogP contribution >= 0.6 is 23.2 Å². The SMILES string of the molecule is O=C1N/C(=C/c2cccc(Cl)c2)C(=O)N1c1ccc(Cl)cc1. The maximum absolute atomic E-state index is 12.4. The average Bonchev–Trinajstić information content (AvgIpc) is 2.75. The lowest BCUT2D eigenvalue weighted by molar-refractivity contribution is -0.113. The molecule has 3 rings (SSSR count). The summed E-state index contributed by atoms with van der Waals surface area (Å²) in [4.78, 5) is 25.5. The smallest absolute Gasteiger partial charge is 0.302 e. The van der Waals surface area contributed by atoms with Gasteiger partial charge in [-0.05, 0) is 48.0 Å². The molecule has 0 aromatic heterocycles. The van der Waals surface area contributed by atoms with Crippen LogP contribution in [0.15, 0.2) is 54.2 Å². The molecule has 0 atom stereocenters. The number of benzene rings is 2. The van der Waals surface area contributed by atoms with E-state index in [9.17, 15) is 9.59 Å². The van der Waals surface area contributed by atoms with Crippen molar-refractivity contribution in [3.05, 3.63) is 69.8 Å². The summed E-state index contributed by atoms with van der Waals surface area (Å²) in [6.45, 7) is 0. The van der Waals surface area contributed by atoms with E-state index in [4.69, 9.17) is 23.2 Å². The van der Waals surface area contributed by atoms with Gasteiger partial charge in [0.1, 0.15) is 5.70 Å². The molecule has 3 amide bonds. The van der Waals surface area contributed by atoms with Crippen molar-refractivity contribution < 1.29 is 9.59 Å². The van der Waals surface area contributed by atoms with E-state index < -0.39 is 11.9 Å². The highest BCUT2D eigenvalue weighted by Gasteiger charge is 2.34. The van der Waals surface area contributed by atoms with Crippen molar-refractivity contribution in [1.29, 1.82) is 0 Å².